The largest absolute Gasteiger partial charge is 0.480 e. The van der Waals surface area contributed by atoms with Crippen LogP contribution in [0.3, 0.4) is 0 Å². The van der Waals surface area contributed by atoms with Gasteiger partial charge >= 0.3 is 5.97 Å². The van der Waals surface area contributed by atoms with Crippen molar-refractivity contribution in [2.45, 2.75) is 25.3 Å². The molecule has 1 unspecified atom stereocenters. The van der Waals surface area contributed by atoms with E-state index in [1.54, 1.807) is 6.20 Å². The number of nitrogens with zero attached hydrogens (tertiary/aromatic N) is 3. The van der Waals surface area contributed by atoms with Crippen LogP contribution in [0.25, 0.3) is 0 Å². The first kappa shape index (κ1) is 24.7. The zero-order chi connectivity index (χ0) is 25.3. The van der Waals surface area contributed by atoms with E-state index in [1.165, 1.54) is 24.3 Å². The molecule has 0 bridgehead atoms. The van der Waals surface area contributed by atoms with Gasteiger partial charge in [-0.3, -0.25) is 4.79 Å². The summed E-state index contributed by atoms with van der Waals surface area (Å²) in [5.74, 6) is -0.0757. The number of anilines is 2. The maximum atomic E-state index is 12.5. The molecule has 8 heteroatoms. The fraction of sp³-hybridized carbons (Fsp3) is 0.286. The number of hydrogen-bond acceptors (Lipinski definition) is 6. The van der Waals surface area contributed by atoms with Gasteiger partial charge in [-0.2, -0.15) is 5.26 Å². The summed E-state index contributed by atoms with van der Waals surface area (Å²) in [4.78, 5) is 30.9. The van der Waals surface area contributed by atoms with Gasteiger partial charge in [-0.15, -0.1) is 0 Å². The minimum atomic E-state index is -1.09. The van der Waals surface area contributed by atoms with Gasteiger partial charge in [-0.25, -0.2) is 9.78 Å². The first-order valence-corrected chi connectivity index (χ1v) is 12.0. The lowest BCUT2D eigenvalue weighted by Crippen LogP contribution is -2.42. The van der Waals surface area contributed by atoms with Crippen LogP contribution in [0.2, 0.25) is 0 Å². The van der Waals surface area contributed by atoms with Crippen LogP contribution in [-0.4, -0.2) is 47.6 Å². The second kappa shape index (κ2) is 11.8. The predicted molar refractivity (Wildman–Crippen MR) is 138 cm³/mol. The Morgan fingerprint density at radius 2 is 1.78 bits per heavy atom. The molecule has 0 aliphatic carbocycles. The molecule has 36 heavy (non-hydrogen) atoms. The smallest absolute Gasteiger partial charge is 0.326 e. The van der Waals surface area contributed by atoms with Crippen LogP contribution in [0.5, 0.6) is 0 Å². The van der Waals surface area contributed by atoms with Crippen molar-refractivity contribution in [3.63, 3.8) is 0 Å². The van der Waals surface area contributed by atoms with Crippen LogP contribution >= 0.6 is 0 Å². The Morgan fingerprint density at radius 3 is 2.39 bits per heavy atom. The van der Waals surface area contributed by atoms with E-state index in [4.69, 9.17) is 5.26 Å². The molecule has 1 aliphatic rings. The maximum absolute atomic E-state index is 12.5. The number of aromatic nitrogens is 1. The number of piperidine rings is 1. The molecule has 1 saturated heterocycles. The fourth-order valence-electron chi connectivity index (χ4n) is 4.33. The summed E-state index contributed by atoms with van der Waals surface area (Å²) in [6.07, 6.45) is 4.14. The lowest BCUT2D eigenvalue weighted by atomic mass is 9.96. The van der Waals surface area contributed by atoms with Crippen molar-refractivity contribution in [1.29, 1.82) is 5.26 Å². The van der Waals surface area contributed by atoms with Gasteiger partial charge in [0, 0.05) is 43.5 Å². The van der Waals surface area contributed by atoms with Crippen LogP contribution in [0, 0.1) is 17.2 Å². The van der Waals surface area contributed by atoms with E-state index in [1.807, 2.05) is 48.5 Å². The Hall–Kier alpha value is -4.38. The maximum Gasteiger partial charge on any atom is 0.326 e. The number of hydrogen-bond donors (Lipinski definition) is 3. The summed E-state index contributed by atoms with van der Waals surface area (Å²) in [5.41, 5.74) is 2.70. The van der Waals surface area contributed by atoms with Crippen molar-refractivity contribution in [2.24, 2.45) is 5.92 Å². The molecule has 1 aromatic heterocycles. The van der Waals surface area contributed by atoms with Crippen LogP contribution in [-0.2, 0) is 11.2 Å². The molecule has 3 aromatic rings. The van der Waals surface area contributed by atoms with Gasteiger partial charge in [0.1, 0.15) is 11.9 Å². The standard InChI is InChI=1S/C28H29N5O3/c29-18-21-4-8-23(9-5-21)27(34)32-25(28(35)36)17-20-6-10-24(11-7-20)33-15-12-22(13-16-33)19-31-26-3-1-2-14-30-26/h1-11,14,22,25H,12-13,15-17,19H2,(H,30,31)(H,32,34)(H,35,36). The van der Waals surface area contributed by atoms with Crippen molar-refractivity contribution in [3.8, 4) is 6.07 Å². The monoisotopic (exact) mass is 483 g/mol. The number of aliphatic carboxylic acids is 1. The SMILES string of the molecule is N#Cc1ccc(C(=O)NC(Cc2ccc(N3CCC(CNc4ccccn4)CC3)cc2)C(=O)O)cc1. The second-order valence-corrected chi connectivity index (χ2v) is 8.95. The molecule has 3 N–H and O–H groups in total. The highest BCUT2D eigenvalue weighted by molar-refractivity contribution is 5.96. The number of pyridine rings is 1. The Kier molecular flexibility index (Phi) is 8.14. The number of nitrogens with one attached hydrogen (secondary N) is 2. The Balaban J connectivity index is 1.28. The molecular weight excluding hydrogens is 454 g/mol. The molecule has 1 aliphatic heterocycles. The van der Waals surface area contributed by atoms with Gasteiger partial charge in [0.25, 0.3) is 5.91 Å². The van der Waals surface area contributed by atoms with Crippen LogP contribution < -0.4 is 15.5 Å². The van der Waals surface area contributed by atoms with Gasteiger partial charge in [-0.05, 0) is 72.9 Å². The minimum absolute atomic E-state index is 0.179. The molecule has 184 valence electrons. The number of carboxylic acids is 1. The van der Waals surface area contributed by atoms with E-state index >= 15 is 0 Å². The Morgan fingerprint density at radius 1 is 1.06 bits per heavy atom. The fourth-order valence-corrected chi connectivity index (χ4v) is 4.33. The topological polar surface area (TPSA) is 118 Å². The van der Waals surface area contributed by atoms with Gasteiger partial charge in [0.05, 0.1) is 11.6 Å². The molecule has 0 spiro atoms. The Labute approximate surface area is 210 Å². The molecular formula is C28H29N5O3. The summed E-state index contributed by atoms with van der Waals surface area (Å²) >= 11 is 0. The van der Waals surface area contributed by atoms with E-state index in [9.17, 15) is 14.7 Å². The number of carbonyl (C=O) groups excluding carboxylic acids is 1. The van der Waals surface area contributed by atoms with Crippen LogP contribution in [0.15, 0.2) is 72.9 Å². The normalized spacial score (nSPS) is 14.5. The lowest BCUT2D eigenvalue weighted by Gasteiger charge is -2.34. The molecule has 1 atom stereocenters. The van der Waals surface area contributed by atoms with Gasteiger partial charge in [-0.1, -0.05) is 18.2 Å². The molecule has 0 saturated carbocycles. The lowest BCUT2D eigenvalue weighted by molar-refractivity contribution is -0.139. The molecule has 4 rings (SSSR count). The third kappa shape index (κ3) is 6.60. The summed E-state index contributed by atoms with van der Waals surface area (Å²) in [5, 5.41) is 24.5. The number of nitriles is 1. The summed E-state index contributed by atoms with van der Waals surface area (Å²) < 4.78 is 0. The van der Waals surface area contributed by atoms with E-state index in [-0.39, 0.29) is 6.42 Å². The van der Waals surface area contributed by atoms with E-state index in [2.05, 4.69) is 20.5 Å². The van der Waals surface area contributed by atoms with E-state index in [0.29, 0.717) is 17.0 Å². The number of carbonyl (C=O) groups is 2. The van der Waals surface area contributed by atoms with Crippen molar-refractivity contribution in [2.75, 3.05) is 29.9 Å². The highest BCUT2D eigenvalue weighted by atomic mass is 16.4. The highest BCUT2D eigenvalue weighted by Crippen LogP contribution is 2.24. The summed E-state index contributed by atoms with van der Waals surface area (Å²) in [7, 11) is 0. The molecule has 2 aromatic carbocycles. The van der Waals surface area contributed by atoms with Crippen molar-refractivity contribution >= 4 is 23.4 Å². The molecule has 1 fully saturated rings. The average molecular weight is 484 g/mol. The number of carboxylic acid groups (broad SMARTS) is 1. The van der Waals surface area contributed by atoms with Crippen LogP contribution in [0.1, 0.15) is 34.3 Å². The Bertz CT molecular complexity index is 1200. The molecule has 2 heterocycles. The van der Waals surface area contributed by atoms with Crippen molar-refractivity contribution in [1.82, 2.24) is 10.3 Å². The van der Waals surface area contributed by atoms with Crippen molar-refractivity contribution in [3.05, 3.63) is 89.6 Å². The van der Waals surface area contributed by atoms with E-state index < -0.39 is 17.9 Å². The highest BCUT2D eigenvalue weighted by Gasteiger charge is 2.22. The van der Waals surface area contributed by atoms with Gasteiger partial charge < -0.3 is 20.6 Å². The van der Waals surface area contributed by atoms with E-state index in [0.717, 1.165) is 49.5 Å². The predicted octanol–water partition coefficient (Wildman–Crippen LogP) is 3.71. The minimum Gasteiger partial charge on any atom is -0.480 e. The summed E-state index contributed by atoms with van der Waals surface area (Å²) in [6, 6.07) is 20.8. The zero-order valence-corrected chi connectivity index (χ0v) is 19.9. The second-order valence-electron chi connectivity index (χ2n) is 8.95. The first-order valence-electron chi connectivity index (χ1n) is 12.0. The number of amides is 1. The molecule has 0 radical (unpaired) electrons. The van der Waals surface area contributed by atoms with Crippen LogP contribution in [0.4, 0.5) is 11.5 Å². The number of rotatable bonds is 9. The third-order valence-corrected chi connectivity index (χ3v) is 6.47. The molecule has 1 amide bonds. The number of benzene rings is 2. The molecule has 8 nitrogen and oxygen atoms in total. The quantitative estimate of drug-likeness (QED) is 0.425. The van der Waals surface area contributed by atoms with Gasteiger partial charge in [0.2, 0.25) is 0 Å². The zero-order valence-electron chi connectivity index (χ0n) is 19.9. The third-order valence-electron chi connectivity index (χ3n) is 6.47. The first-order chi connectivity index (χ1) is 17.5. The van der Waals surface area contributed by atoms with Crippen molar-refractivity contribution < 1.29 is 14.7 Å². The summed E-state index contributed by atoms with van der Waals surface area (Å²) in [6.45, 7) is 2.84. The average Bonchev–Trinajstić information content (AvgIpc) is 2.93. The van der Waals surface area contributed by atoms with Gasteiger partial charge in [0.15, 0.2) is 0 Å².